The molecule has 0 fully saturated rings. The van der Waals surface area contributed by atoms with Crippen LogP contribution >= 0.6 is 0 Å². The largest absolute Gasteiger partial charge is 0.547 e. The molecule has 0 saturated heterocycles. The molecule has 0 aromatic rings. The van der Waals surface area contributed by atoms with Crippen molar-refractivity contribution in [3.8, 4) is 0 Å². The molecule has 2 atom stereocenters. The second-order valence-electron chi connectivity index (χ2n) is 2.04. The van der Waals surface area contributed by atoms with Gasteiger partial charge in [-0.25, -0.2) is 4.39 Å². The number of aliphatic carboxylic acids is 2. The normalized spacial score (nSPS) is 15.5. The summed E-state index contributed by atoms with van der Waals surface area (Å²) >= 11 is 0. The van der Waals surface area contributed by atoms with Crippen molar-refractivity contribution < 1.29 is 29.9 Å². The van der Waals surface area contributed by atoms with Gasteiger partial charge in [0.05, 0.1) is 11.9 Å². The average Bonchev–Trinajstić information content (AvgIpc) is 1.87. The van der Waals surface area contributed by atoms with Crippen molar-refractivity contribution in [2.24, 2.45) is 0 Å². The van der Waals surface area contributed by atoms with Crippen LogP contribution in [0.1, 0.15) is 6.42 Å². The van der Waals surface area contributed by atoms with Crippen molar-refractivity contribution in [3.05, 3.63) is 0 Å². The zero-order valence-corrected chi connectivity index (χ0v) is 5.58. The predicted molar refractivity (Wildman–Crippen MR) is 26.2 cm³/mol. The Morgan fingerprint density at radius 2 is 1.82 bits per heavy atom. The van der Waals surface area contributed by atoms with Gasteiger partial charge in [-0.2, -0.15) is 0 Å². The van der Waals surface area contributed by atoms with Crippen molar-refractivity contribution >= 4 is 11.9 Å². The number of quaternary nitrogens is 1. The third-order valence-electron chi connectivity index (χ3n) is 1.08. The van der Waals surface area contributed by atoms with E-state index in [0.29, 0.717) is 0 Å². The van der Waals surface area contributed by atoms with E-state index in [4.69, 9.17) is 0 Å². The molecule has 0 aliphatic rings. The van der Waals surface area contributed by atoms with Gasteiger partial charge in [0, 0.05) is 6.42 Å². The summed E-state index contributed by atoms with van der Waals surface area (Å²) in [5, 5.41) is 19.6. The second kappa shape index (κ2) is 3.87. The second-order valence-corrected chi connectivity index (χ2v) is 2.04. The first-order chi connectivity index (χ1) is 4.95. The maximum atomic E-state index is 12.1. The summed E-state index contributed by atoms with van der Waals surface area (Å²) in [7, 11) is 0. The Bertz CT molecular complexity index is 154. The van der Waals surface area contributed by atoms with Crippen LogP contribution in [0, 0.1) is 0 Å². The number of hydrogen-bond acceptors (Lipinski definition) is 4. The zero-order chi connectivity index (χ0) is 9.02. The van der Waals surface area contributed by atoms with E-state index in [1.54, 1.807) is 0 Å². The summed E-state index contributed by atoms with van der Waals surface area (Å²) in [6, 6.07) is -1.36. The fourth-order valence-electron chi connectivity index (χ4n) is 0.442. The Hall–Kier alpha value is -1.17. The van der Waals surface area contributed by atoms with Crippen molar-refractivity contribution in [3.63, 3.8) is 0 Å². The average molecular weight is 164 g/mol. The van der Waals surface area contributed by atoms with E-state index in [0.717, 1.165) is 0 Å². The highest BCUT2D eigenvalue weighted by atomic mass is 19.1. The van der Waals surface area contributed by atoms with Gasteiger partial charge in [0.15, 0.2) is 0 Å². The summed E-state index contributed by atoms with van der Waals surface area (Å²) < 4.78 is 12.1. The standard InChI is InChI=1S/C5H8FNO4/c6-2(4(8)9)1-3(7)5(10)11/h2-3H,1,7H2,(H,8,9)(H,10,11)/p-1/t2-,3-/m0/s1. The Balaban J connectivity index is 3.84. The Morgan fingerprint density at radius 3 is 2.09 bits per heavy atom. The lowest BCUT2D eigenvalue weighted by Crippen LogP contribution is -2.69. The van der Waals surface area contributed by atoms with Crippen LogP contribution in [0.5, 0.6) is 0 Å². The Labute approximate surface area is 61.6 Å². The Kier molecular flexibility index (Phi) is 3.46. The minimum Gasteiger partial charge on any atom is -0.547 e. The van der Waals surface area contributed by atoms with E-state index >= 15 is 0 Å². The van der Waals surface area contributed by atoms with Gasteiger partial charge in [-0.1, -0.05) is 0 Å². The van der Waals surface area contributed by atoms with Crippen LogP contribution in [-0.4, -0.2) is 24.2 Å². The molecular formula is C5H7FNO4-. The van der Waals surface area contributed by atoms with Crippen LogP contribution < -0.4 is 15.9 Å². The topological polar surface area (TPSA) is 108 Å². The molecule has 0 radical (unpaired) electrons. The van der Waals surface area contributed by atoms with Gasteiger partial charge in [-0.15, -0.1) is 0 Å². The Morgan fingerprint density at radius 1 is 1.36 bits per heavy atom. The van der Waals surface area contributed by atoms with E-state index in [2.05, 4.69) is 5.73 Å². The molecule has 3 N–H and O–H groups in total. The lowest BCUT2D eigenvalue weighted by molar-refractivity contribution is -0.440. The SMILES string of the molecule is [NH3+][C@@H](C[C@H](F)C(=O)[O-])C(=O)[O-]. The van der Waals surface area contributed by atoms with Crippen molar-refractivity contribution in [1.29, 1.82) is 0 Å². The molecule has 11 heavy (non-hydrogen) atoms. The summed E-state index contributed by atoms with van der Waals surface area (Å²) in [6.45, 7) is 0. The molecule has 0 heterocycles. The molecular weight excluding hydrogens is 157 g/mol. The molecule has 0 aliphatic heterocycles. The van der Waals surface area contributed by atoms with Crippen molar-refractivity contribution in [2.45, 2.75) is 18.6 Å². The van der Waals surface area contributed by atoms with Crippen molar-refractivity contribution in [1.82, 2.24) is 0 Å². The number of alkyl halides is 1. The van der Waals surface area contributed by atoms with Gasteiger partial charge in [0.1, 0.15) is 12.2 Å². The number of halogens is 1. The minimum absolute atomic E-state index is 0.718. The number of carboxylic acids is 2. The highest BCUT2D eigenvalue weighted by Crippen LogP contribution is 1.97. The quantitative estimate of drug-likeness (QED) is 0.454. The van der Waals surface area contributed by atoms with E-state index in [1.165, 1.54) is 0 Å². The molecule has 0 aliphatic carbocycles. The number of rotatable bonds is 4. The summed E-state index contributed by atoms with van der Waals surface area (Å²) in [5.74, 6) is -3.51. The first-order valence-corrected chi connectivity index (χ1v) is 2.84. The molecule has 0 aromatic heterocycles. The van der Waals surface area contributed by atoms with Gasteiger partial charge in [0.2, 0.25) is 0 Å². The monoisotopic (exact) mass is 164 g/mol. The molecule has 0 amide bonds. The lowest BCUT2D eigenvalue weighted by Gasteiger charge is -2.12. The number of hydrogen-bond donors (Lipinski definition) is 1. The molecule has 0 saturated carbocycles. The highest BCUT2D eigenvalue weighted by Gasteiger charge is 2.16. The van der Waals surface area contributed by atoms with E-state index in [-0.39, 0.29) is 0 Å². The highest BCUT2D eigenvalue weighted by molar-refractivity contribution is 5.73. The van der Waals surface area contributed by atoms with Gasteiger partial charge >= 0.3 is 0 Å². The van der Waals surface area contributed by atoms with Crippen LogP contribution in [0.3, 0.4) is 0 Å². The molecule has 6 heteroatoms. The number of carbonyl (C=O) groups is 2. The molecule has 0 unspecified atom stereocenters. The first kappa shape index (κ1) is 9.83. The number of carboxylic acid groups (broad SMARTS) is 2. The third kappa shape index (κ3) is 3.51. The van der Waals surface area contributed by atoms with Crippen LogP contribution in [0.25, 0.3) is 0 Å². The molecule has 64 valence electrons. The smallest absolute Gasteiger partial charge is 0.145 e. The zero-order valence-electron chi connectivity index (χ0n) is 5.58. The van der Waals surface area contributed by atoms with Crippen LogP contribution in [0.4, 0.5) is 4.39 Å². The first-order valence-electron chi connectivity index (χ1n) is 2.84. The summed E-state index contributed by atoms with van der Waals surface area (Å²) in [6.07, 6.45) is -3.01. The molecule has 0 aromatic carbocycles. The van der Waals surface area contributed by atoms with Crippen LogP contribution in [-0.2, 0) is 9.59 Å². The van der Waals surface area contributed by atoms with Gasteiger partial charge in [-0.05, 0) is 0 Å². The maximum Gasteiger partial charge on any atom is 0.145 e. The third-order valence-corrected chi connectivity index (χ3v) is 1.08. The van der Waals surface area contributed by atoms with E-state index in [1.807, 2.05) is 0 Å². The van der Waals surface area contributed by atoms with Gasteiger partial charge in [-0.3, -0.25) is 0 Å². The van der Waals surface area contributed by atoms with Gasteiger partial charge in [0.25, 0.3) is 0 Å². The fraction of sp³-hybridized carbons (Fsp3) is 0.600. The summed E-state index contributed by atoms with van der Waals surface area (Å²) in [5.41, 5.74) is 2.97. The van der Waals surface area contributed by atoms with Crippen LogP contribution in [0.15, 0.2) is 0 Å². The molecule has 5 nitrogen and oxygen atoms in total. The van der Waals surface area contributed by atoms with Gasteiger partial charge < -0.3 is 25.5 Å². The lowest BCUT2D eigenvalue weighted by atomic mass is 10.1. The van der Waals surface area contributed by atoms with E-state index < -0.39 is 30.6 Å². The molecule has 0 spiro atoms. The minimum atomic E-state index is -2.30. The van der Waals surface area contributed by atoms with Crippen molar-refractivity contribution in [2.75, 3.05) is 0 Å². The number of carbonyl (C=O) groups excluding carboxylic acids is 2. The molecule has 0 rings (SSSR count). The maximum absolute atomic E-state index is 12.1. The molecule has 0 bridgehead atoms. The van der Waals surface area contributed by atoms with Crippen LogP contribution in [0.2, 0.25) is 0 Å². The summed E-state index contributed by atoms with van der Waals surface area (Å²) in [4.78, 5) is 19.6. The fourth-order valence-corrected chi connectivity index (χ4v) is 0.442. The van der Waals surface area contributed by atoms with E-state index in [9.17, 15) is 24.2 Å². The predicted octanol–water partition coefficient (Wildman–Crippen LogP) is -4.18.